The molecule has 0 atom stereocenters. The number of pyridine rings is 1. The molecule has 25 heavy (non-hydrogen) atoms. The van der Waals surface area contributed by atoms with Crippen LogP contribution in [0.25, 0.3) is 0 Å². The van der Waals surface area contributed by atoms with Crippen molar-refractivity contribution >= 4 is 34.7 Å². The van der Waals surface area contributed by atoms with Crippen molar-refractivity contribution in [2.75, 3.05) is 10.6 Å². The molecule has 2 aromatic rings. The van der Waals surface area contributed by atoms with Crippen molar-refractivity contribution in [1.29, 1.82) is 5.26 Å². The van der Waals surface area contributed by atoms with Crippen LogP contribution in [0.2, 0.25) is 5.02 Å². The van der Waals surface area contributed by atoms with Gasteiger partial charge in [-0.1, -0.05) is 17.7 Å². The summed E-state index contributed by atoms with van der Waals surface area (Å²) in [7, 11) is 0. The summed E-state index contributed by atoms with van der Waals surface area (Å²) in [4.78, 5) is 26.5. The first-order chi connectivity index (χ1) is 11.9. The van der Waals surface area contributed by atoms with Crippen LogP contribution in [-0.2, 0) is 4.79 Å². The van der Waals surface area contributed by atoms with Crippen LogP contribution >= 0.6 is 11.6 Å². The Morgan fingerprint density at radius 1 is 1.40 bits per heavy atom. The maximum Gasteiger partial charge on any atom is 0.271 e. The molecule has 0 aliphatic rings. The monoisotopic (exact) mass is 357 g/mol. The van der Waals surface area contributed by atoms with E-state index in [0.717, 1.165) is 11.8 Å². The SMILES string of the molecule is Cc1cccc(N/C=C(/C#N)C(=O)Nc2cc([N+](=O)[O-])ccc2Cl)n1. The average Bonchev–Trinajstić information content (AvgIpc) is 2.57. The minimum atomic E-state index is -0.759. The summed E-state index contributed by atoms with van der Waals surface area (Å²) < 4.78 is 0. The fourth-order valence-corrected chi connectivity index (χ4v) is 2.00. The van der Waals surface area contributed by atoms with E-state index in [1.165, 1.54) is 18.3 Å². The van der Waals surface area contributed by atoms with Gasteiger partial charge in [0.2, 0.25) is 0 Å². The molecule has 1 aromatic carbocycles. The second-order valence-electron chi connectivity index (χ2n) is 4.85. The molecular weight excluding hydrogens is 346 g/mol. The molecule has 0 spiro atoms. The number of benzene rings is 1. The molecule has 0 fully saturated rings. The molecule has 1 amide bonds. The van der Waals surface area contributed by atoms with Gasteiger partial charge in [0.15, 0.2) is 0 Å². The number of anilines is 2. The van der Waals surface area contributed by atoms with E-state index in [1.54, 1.807) is 31.2 Å². The molecule has 2 rings (SSSR count). The lowest BCUT2D eigenvalue weighted by molar-refractivity contribution is -0.384. The Hall–Kier alpha value is -3.44. The molecule has 0 radical (unpaired) electrons. The van der Waals surface area contributed by atoms with Crippen molar-refractivity contribution in [3.63, 3.8) is 0 Å². The van der Waals surface area contributed by atoms with Crippen LogP contribution in [0.5, 0.6) is 0 Å². The molecule has 8 nitrogen and oxygen atoms in total. The Kier molecular flexibility index (Phi) is 5.66. The molecule has 2 N–H and O–H groups in total. The van der Waals surface area contributed by atoms with Gasteiger partial charge in [-0.2, -0.15) is 5.26 Å². The number of non-ortho nitro benzene ring substituents is 1. The highest BCUT2D eigenvalue weighted by molar-refractivity contribution is 6.34. The summed E-state index contributed by atoms with van der Waals surface area (Å²) in [6, 6.07) is 10.6. The number of hydrogen-bond acceptors (Lipinski definition) is 6. The number of nitrogens with one attached hydrogen (secondary N) is 2. The number of nitro groups is 1. The number of rotatable bonds is 5. The summed E-state index contributed by atoms with van der Waals surface area (Å²) in [5, 5.41) is 25.2. The second kappa shape index (κ2) is 7.90. The van der Waals surface area contributed by atoms with Crippen LogP contribution in [0.15, 0.2) is 48.2 Å². The van der Waals surface area contributed by atoms with E-state index in [4.69, 9.17) is 16.9 Å². The van der Waals surface area contributed by atoms with E-state index >= 15 is 0 Å². The van der Waals surface area contributed by atoms with Crippen LogP contribution in [0, 0.1) is 28.4 Å². The van der Waals surface area contributed by atoms with Crippen molar-refractivity contribution in [2.45, 2.75) is 6.92 Å². The first-order valence-corrected chi connectivity index (χ1v) is 7.34. The van der Waals surface area contributed by atoms with Gasteiger partial charge in [0, 0.05) is 24.0 Å². The van der Waals surface area contributed by atoms with E-state index in [0.29, 0.717) is 5.82 Å². The number of carbonyl (C=O) groups is 1. The molecule has 9 heteroatoms. The van der Waals surface area contributed by atoms with Crippen molar-refractivity contribution in [2.24, 2.45) is 0 Å². The number of nitrogens with zero attached hydrogens (tertiary/aromatic N) is 3. The summed E-state index contributed by atoms with van der Waals surface area (Å²) >= 11 is 5.92. The fourth-order valence-electron chi connectivity index (χ4n) is 1.83. The average molecular weight is 358 g/mol. The standard InChI is InChI=1S/C16H12ClN5O3/c1-10-3-2-4-15(20-10)19-9-11(8-18)16(23)21-14-7-12(22(24)25)5-6-13(14)17/h2-7,9H,1H3,(H,19,20)(H,21,23)/b11-9-. The Bertz CT molecular complexity index is 905. The van der Waals surface area contributed by atoms with Gasteiger partial charge >= 0.3 is 0 Å². The predicted octanol–water partition coefficient (Wildman–Crippen LogP) is 3.41. The zero-order valence-electron chi connectivity index (χ0n) is 13.0. The molecule has 0 bridgehead atoms. The smallest absolute Gasteiger partial charge is 0.271 e. The molecule has 0 aliphatic heterocycles. The lowest BCUT2D eigenvalue weighted by Gasteiger charge is -2.07. The zero-order chi connectivity index (χ0) is 18.4. The van der Waals surface area contributed by atoms with Gasteiger partial charge in [-0.05, 0) is 25.1 Å². The van der Waals surface area contributed by atoms with Gasteiger partial charge in [0.1, 0.15) is 17.5 Å². The molecule has 0 saturated heterocycles. The third kappa shape index (κ3) is 4.76. The molecule has 1 heterocycles. The van der Waals surface area contributed by atoms with Crippen LogP contribution < -0.4 is 10.6 Å². The number of halogens is 1. The van der Waals surface area contributed by atoms with Crippen molar-refractivity contribution in [3.05, 3.63) is 69.0 Å². The second-order valence-corrected chi connectivity index (χ2v) is 5.26. The highest BCUT2D eigenvalue weighted by Crippen LogP contribution is 2.27. The minimum Gasteiger partial charge on any atom is -0.345 e. The van der Waals surface area contributed by atoms with Crippen LogP contribution in [0.4, 0.5) is 17.2 Å². The zero-order valence-corrected chi connectivity index (χ0v) is 13.7. The lowest BCUT2D eigenvalue weighted by atomic mass is 10.2. The minimum absolute atomic E-state index is 0.0377. The maximum atomic E-state index is 12.2. The normalized spacial score (nSPS) is 10.7. The third-order valence-electron chi connectivity index (χ3n) is 3.03. The Morgan fingerprint density at radius 2 is 2.16 bits per heavy atom. The lowest BCUT2D eigenvalue weighted by Crippen LogP contribution is -2.15. The first kappa shape index (κ1) is 17.9. The highest BCUT2D eigenvalue weighted by Gasteiger charge is 2.15. The summed E-state index contributed by atoms with van der Waals surface area (Å²) in [6.07, 6.45) is 1.20. The van der Waals surface area contributed by atoms with Crippen molar-refractivity contribution in [3.8, 4) is 6.07 Å². The van der Waals surface area contributed by atoms with Gasteiger partial charge in [0.05, 0.1) is 15.6 Å². The first-order valence-electron chi connectivity index (χ1n) is 6.96. The van der Waals surface area contributed by atoms with Crippen molar-refractivity contribution < 1.29 is 9.72 Å². The fraction of sp³-hybridized carbons (Fsp3) is 0.0625. The molecular formula is C16H12ClN5O3. The van der Waals surface area contributed by atoms with Crippen LogP contribution in [0.3, 0.4) is 0 Å². The van der Waals surface area contributed by atoms with E-state index in [9.17, 15) is 14.9 Å². The number of aromatic nitrogens is 1. The quantitative estimate of drug-likeness (QED) is 0.366. The van der Waals surface area contributed by atoms with Crippen molar-refractivity contribution in [1.82, 2.24) is 4.98 Å². The van der Waals surface area contributed by atoms with E-state index in [-0.39, 0.29) is 22.0 Å². The number of nitro benzene ring substituents is 1. The third-order valence-corrected chi connectivity index (χ3v) is 3.36. The number of nitriles is 1. The highest BCUT2D eigenvalue weighted by atomic mass is 35.5. The predicted molar refractivity (Wildman–Crippen MR) is 93.0 cm³/mol. The molecule has 0 unspecified atom stereocenters. The Morgan fingerprint density at radius 3 is 2.80 bits per heavy atom. The maximum absolute atomic E-state index is 12.2. The van der Waals surface area contributed by atoms with Gasteiger partial charge in [-0.3, -0.25) is 14.9 Å². The Labute approximate surface area is 147 Å². The molecule has 126 valence electrons. The molecule has 0 saturated carbocycles. The molecule has 1 aromatic heterocycles. The van der Waals surface area contributed by atoms with Gasteiger partial charge in [-0.15, -0.1) is 0 Å². The number of aryl methyl sites for hydroxylation is 1. The van der Waals surface area contributed by atoms with Gasteiger partial charge in [-0.25, -0.2) is 4.98 Å². The van der Waals surface area contributed by atoms with Crippen LogP contribution in [-0.4, -0.2) is 15.8 Å². The van der Waals surface area contributed by atoms with Gasteiger partial charge in [0.25, 0.3) is 11.6 Å². The summed E-state index contributed by atoms with van der Waals surface area (Å²) in [5.41, 5.74) is 0.329. The van der Waals surface area contributed by atoms with Crippen LogP contribution in [0.1, 0.15) is 5.69 Å². The summed E-state index contributed by atoms with van der Waals surface area (Å²) in [6.45, 7) is 1.80. The molecule has 0 aliphatic carbocycles. The Balaban J connectivity index is 2.18. The van der Waals surface area contributed by atoms with E-state index in [2.05, 4.69) is 15.6 Å². The van der Waals surface area contributed by atoms with Gasteiger partial charge < -0.3 is 10.6 Å². The number of hydrogen-bond donors (Lipinski definition) is 2. The topological polar surface area (TPSA) is 121 Å². The largest absolute Gasteiger partial charge is 0.345 e. The van der Waals surface area contributed by atoms with E-state index in [1.807, 2.05) is 0 Å². The summed E-state index contributed by atoms with van der Waals surface area (Å²) in [5.74, 6) is -0.293. The number of amides is 1. The van der Waals surface area contributed by atoms with E-state index < -0.39 is 10.8 Å². The number of carbonyl (C=O) groups excluding carboxylic acids is 1.